The maximum Gasteiger partial charge on any atom is 0.274 e. The predicted molar refractivity (Wildman–Crippen MR) is 101 cm³/mol. The van der Waals surface area contributed by atoms with Crippen molar-refractivity contribution in [3.05, 3.63) is 57.5 Å². The van der Waals surface area contributed by atoms with Crippen LogP contribution in [0.15, 0.2) is 35.1 Å². The van der Waals surface area contributed by atoms with Gasteiger partial charge in [0.1, 0.15) is 5.69 Å². The van der Waals surface area contributed by atoms with Crippen molar-refractivity contribution in [2.75, 3.05) is 18.0 Å². The third-order valence-electron chi connectivity index (χ3n) is 4.43. The van der Waals surface area contributed by atoms with E-state index in [0.29, 0.717) is 11.5 Å². The summed E-state index contributed by atoms with van der Waals surface area (Å²) in [5.41, 5.74) is 1.95. The van der Waals surface area contributed by atoms with E-state index in [1.165, 1.54) is 27.5 Å². The van der Waals surface area contributed by atoms with Crippen molar-refractivity contribution in [2.45, 2.75) is 26.3 Å². The average Bonchev–Trinajstić information content (AvgIpc) is 3.29. The number of carbonyl (C=O) groups is 1. The Kier molecular flexibility index (Phi) is 4.42. The second kappa shape index (κ2) is 6.87. The van der Waals surface area contributed by atoms with Crippen LogP contribution in [-0.2, 0) is 6.54 Å². The fourth-order valence-electron chi connectivity index (χ4n) is 2.98. The zero-order valence-corrected chi connectivity index (χ0v) is 15.3. The summed E-state index contributed by atoms with van der Waals surface area (Å²) < 4.78 is 1.48. The Labute approximate surface area is 154 Å². The number of fused-ring (bicyclic) bond motifs is 1. The van der Waals surface area contributed by atoms with Gasteiger partial charge in [0.15, 0.2) is 0 Å². The summed E-state index contributed by atoms with van der Waals surface area (Å²) in [5.74, 6) is -0.335. The average molecular weight is 369 g/mol. The van der Waals surface area contributed by atoms with Gasteiger partial charge in [0.2, 0.25) is 10.1 Å². The molecule has 1 amide bonds. The number of amides is 1. The topological polar surface area (TPSA) is 79.6 Å². The number of rotatable bonds is 4. The van der Waals surface area contributed by atoms with Gasteiger partial charge in [-0.05, 0) is 25.3 Å². The molecule has 1 aliphatic heterocycles. The van der Waals surface area contributed by atoms with Crippen LogP contribution in [0.25, 0.3) is 4.96 Å². The summed E-state index contributed by atoms with van der Waals surface area (Å²) in [5, 5.41) is 8.18. The lowest BCUT2D eigenvalue weighted by atomic mass is 10.1. The Bertz CT molecular complexity index is 1000. The molecule has 7 nitrogen and oxygen atoms in total. The predicted octanol–water partition coefficient (Wildman–Crippen LogP) is 1.99. The molecule has 0 atom stereocenters. The van der Waals surface area contributed by atoms with Gasteiger partial charge in [-0.15, -0.1) is 5.10 Å². The molecule has 2 aromatic heterocycles. The highest BCUT2D eigenvalue weighted by Crippen LogP contribution is 2.25. The Morgan fingerprint density at radius 2 is 1.96 bits per heavy atom. The van der Waals surface area contributed by atoms with E-state index in [1.54, 1.807) is 0 Å². The van der Waals surface area contributed by atoms with Crippen LogP contribution < -0.4 is 15.8 Å². The molecule has 0 radical (unpaired) electrons. The van der Waals surface area contributed by atoms with Gasteiger partial charge in [-0.3, -0.25) is 9.59 Å². The molecule has 0 saturated carbocycles. The van der Waals surface area contributed by atoms with Crippen molar-refractivity contribution in [3.63, 3.8) is 0 Å². The van der Waals surface area contributed by atoms with Crippen LogP contribution in [0.5, 0.6) is 0 Å². The second-order valence-electron chi connectivity index (χ2n) is 6.42. The minimum Gasteiger partial charge on any atom is -0.347 e. The molecule has 134 valence electrons. The molecule has 0 aliphatic carbocycles. The number of nitrogens with one attached hydrogen (secondary N) is 1. The van der Waals surface area contributed by atoms with Crippen LogP contribution in [0.4, 0.5) is 5.13 Å². The first-order valence-corrected chi connectivity index (χ1v) is 9.41. The van der Waals surface area contributed by atoms with Crippen LogP contribution in [0.1, 0.15) is 34.5 Å². The van der Waals surface area contributed by atoms with Crippen LogP contribution in [0.3, 0.4) is 0 Å². The lowest BCUT2D eigenvalue weighted by molar-refractivity contribution is 0.0943. The fraction of sp³-hybridized carbons (Fsp3) is 0.333. The third-order valence-corrected chi connectivity index (χ3v) is 5.40. The Hall–Kier alpha value is -2.74. The van der Waals surface area contributed by atoms with Crippen LogP contribution in [0, 0.1) is 6.92 Å². The van der Waals surface area contributed by atoms with E-state index in [-0.39, 0.29) is 11.6 Å². The van der Waals surface area contributed by atoms with E-state index in [0.717, 1.165) is 36.6 Å². The van der Waals surface area contributed by atoms with E-state index in [1.807, 2.05) is 31.2 Å². The first kappa shape index (κ1) is 16.7. The van der Waals surface area contributed by atoms with Gasteiger partial charge >= 0.3 is 0 Å². The number of hydrogen-bond acceptors (Lipinski definition) is 6. The van der Waals surface area contributed by atoms with Gasteiger partial charge in [-0.1, -0.05) is 41.2 Å². The molecule has 0 bridgehead atoms. The highest BCUT2D eigenvalue weighted by Gasteiger charge is 2.20. The summed E-state index contributed by atoms with van der Waals surface area (Å²) in [6.07, 6.45) is 2.26. The maximum absolute atomic E-state index is 12.6. The number of hydrogen-bond donors (Lipinski definition) is 1. The largest absolute Gasteiger partial charge is 0.347 e. The monoisotopic (exact) mass is 369 g/mol. The minimum atomic E-state index is -0.429. The van der Waals surface area contributed by atoms with Gasteiger partial charge in [0.25, 0.3) is 11.5 Å². The molecule has 8 heteroatoms. The van der Waals surface area contributed by atoms with Crippen LogP contribution >= 0.6 is 11.3 Å². The van der Waals surface area contributed by atoms with Crippen molar-refractivity contribution in [2.24, 2.45) is 0 Å². The summed E-state index contributed by atoms with van der Waals surface area (Å²) in [7, 11) is 0. The number of anilines is 1. The fourth-order valence-corrected chi connectivity index (χ4v) is 3.94. The van der Waals surface area contributed by atoms with Crippen molar-refractivity contribution in [1.82, 2.24) is 19.9 Å². The standard InChI is InChI=1S/C18H19N5O2S/c1-12-4-6-13(7-5-12)11-19-16(25)14-10-15(24)20-17-23(14)21-18(26-17)22-8-2-3-9-22/h4-7,10H,2-3,8-9,11H2,1H3,(H,19,25). The van der Waals surface area contributed by atoms with E-state index >= 15 is 0 Å². The molecule has 3 aromatic rings. The smallest absolute Gasteiger partial charge is 0.274 e. The molecule has 4 rings (SSSR count). The molecule has 0 spiro atoms. The highest BCUT2D eigenvalue weighted by molar-refractivity contribution is 7.20. The van der Waals surface area contributed by atoms with Gasteiger partial charge in [0.05, 0.1) is 0 Å². The van der Waals surface area contributed by atoms with Crippen molar-refractivity contribution in [3.8, 4) is 0 Å². The number of carbonyl (C=O) groups excluding carboxylic acids is 1. The Balaban J connectivity index is 1.60. The molecule has 26 heavy (non-hydrogen) atoms. The zero-order chi connectivity index (χ0) is 18.1. The van der Waals surface area contributed by atoms with E-state index in [4.69, 9.17) is 0 Å². The highest BCUT2D eigenvalue weighted by atomic mass is 32.1. The lowest BCUT2D eigenvalue weighted by Gasteiger charge is -2.11. The molecule has 1 fully saturated rings. The summed E-state index contributed by atoms with van der Waals surface area (Å²) in [4.78, 5) is 31.2. The SMILES string of the molecule is Cc1ccc(CNC(=O)c2cc(=O)nc3sc(N4CCCC4)nn23)cc1. The molecule has 1 saturated heterocycles. The quantitative estimate of drug-likeness (QED) is 0.761. The summed E-state index contributed by atoms with van der Waals surface area (Å²) >= 11 is 1.34. The van der Waals surface area contributed by atoms with Gasteiger partial charge in [-0.25, -0.2) is 0 Å². The molecule has 1 N–H and O–H groups in total. The van der Waals surface area contributed by atoms with Crippen molar-refractivity contribution < 1.29 is 4.79 Å². The Morgan fingerprint density at radius 1 is 1.23 bits per heavy atom. The first-order chi connectivity index (χ1) is 12.6. The maximum atomic E-state index is 12.6. The second-order valence-corrected chi connectivity index (χ2v) is 7.36. The van der Waals surface area contributed by atoms with Gasteiger partial charge in [0, 0.05) is 25.7 Å². The number of aryl methyl sites for hydroxylation is 1. The first-order valence-electron chi connectivity index (χ1n) is 8.60. The van der Waals surface area contributed by atoms with Crippen molar-refractivity contribution in [1.29, 1.82) is 0 Å². The number of benzene rings is 1. The number of aromatic nitrogens is 3. The van der Waals surface area contributed by atoms with E-state index < -0.39 is 5.56 Å². The van der Waals surface area contributed by atoms with E-state index in [9.17, 15) is 9.59 Å². The van der Waals surface area contributed by atoms with Crippen LogP contribution in [-0.4, -0.2) is 33.6 Å². The van der Waals surface area contributed by atoms with Crippen molar-refractivity contribution >= 4 is 27.3 Å². The minimum absolute atomic E-state index is 0.216. The Morgan fingerprint density at radius 3 is 2.69 bits per heavy atom. The normalized spacial score (nSPS) is 14.1. The number of nitrogens with zero attached hydrogens (tertiary/aromatic N) is 4. The van der Waals surface area contributed by atoms with Crippen LogP contribution in [0.2, 0.25) is 0 Å². The molecular weight excluding hydrogens is 350 g/mol. The molecule has 3 heterocycles. The zero-order valence-electron chi connectivity index (χ0n) is 14.4. The molecule has 1 aliphatic rings. The summed E-state index contributed by atoms with van der Waals surface area (Å²) in [6.45, 7) is 4.29. The van der Waals surface area contributed by atoms with Gasteiger partial charge < -0.3 is 10.2 Å². The summed E-state index contributed by atoms with van der Waals surface area (Å²) in [6, 6.07) is 9.18. The molecule has 0 unspecified atom stereocenters. The third kappa shape index (κ3) is 3.32. The van der Waals surface area contributed by atoms with Gasteiger partial charge in [-0.2, -0.15) is 9.50 Å². The van der Waals surface area contributed by atoms with E-state index in [2.05, 4.69) is 20.3 Å². The lowest BCUT2D eigenvalue weighted by Crippen LogP contribution is -2.27. The molecule has 1 aromatic carbocycles. The molecular formula is C18H19N5O2S.